The molecule has 114 valence electrons. The molecule has 0 aromatic heterocycles. The van der Waals surface area contributed by atoms with Gasteiger partial charge in [-0.05, 0) is 31.0 Å². The molecule has 0 spiro atoms. The van der Waals surface area contributed by atoms with Crippen LogP contribution in [0.5, 0.6) is 0 Å². The first kappa shape index (κ1) is 16.0. The van der Waals surface area contributed by atoms with Crippen LogP contribution in [0.2, 0.25) is 0 Å². The third kappa shape index (κ3) is 4.03. The standard InChI is InChI=1S/C15H21N3O2S/c1-2-18(11-15-8-5-9-17-15)21(19,20)12-14-7-4-3-6-13(14)10-16/h3-4,6-7,15,17H,2,5,8-9,11-12H2,1H3. The Balaban J connectivity index is 2.13. The fourth-order valence-electron chi connectivity index (χ4n) is 2.64. The highest BCUT2D eigenvalue weighted by Gasteiger charge is 2.26. The van der Waals surface area contributed by atoms with Crippen molar-refractivity contribution in [1.29, 1.82) is 5.26 Å². The fraction of sp³-hybridized carbons (Fsp3) is 0.533. The Bertz CT molecular complexity index is 616. The maximum absolute atomic E-state index is 12.6. The van der Waals surface area contributed by atoms with E-state index in [1.807, 2.05) is 6.92 Å². The highest BCUT2D eigenvalue weighted by atomic mass is 32.2. The molecule has 1 fully saturated rings. The molecule has 1 saturated heterocycles. The van der Waals surface area contributed by atoms with Crippen LogP contribution in [0.4, 0.5) is 0 Å². The number of rotatable bonds is 6. The van der Waals surface area contributed by atoms with Crippen molar-refractivity contribution in [3.05, 3.63) is 35.4 Å². The van der Waals surface area contributed by atoms with Crippen molar-refractivity contribution >= 4 is 10.0 Å². The van der Waals surface area contributed by atoms with Gasteiger partial charge in [0.05, 0.1) is 17.4 Å². The van der Waals surface area contributed by atoms with E-state index < -0.39 is 10.0 Å². The summed E-state index contributed by atoms with van der Waals surface area (Å²) in [6.07, 6.45) is 2.11. The lowest BCUT2D eigenvalue weighted by Gasteiger charge is -2.24. The molecular formula is C15H21N3O2S. The van der Waals surface area contributed by atoms with Crippen LogP contribution in [0.25, 0.3) is 0 Å². The summed E-state index contributed by atoms with van der Waals surface area (Å²) in [4.78, 5) is 0. The molecule has 1 atom stereocenters. The predicted molar refractivity (Wildman–Crippen MR) is 82.1 cm³/mol. The molecule has 0 bridgehead atoms. The Morgan fingerprint density at radius 1 is 1.43 bits per heavy atom. The highest BCUT2D eigenvalue weighted by molar-refractivity contribution is 7.88. The van der Waals surface area contributed by atoms with E-state index in [1.54, 1.807) is 24.3 Å². The lowest BCUT2D eigenvalue weighted by atomic mass is 10.1. The Morgan fingerprint density at radius 2 is 2.19 bits per heavy atom. The smallest absolute Gasteiger partial charge is 0.218 e. The summed E-state index contributed by atoms with van der Waals surface area (Å²) in [7, 11) is -3.40. The van der Waals surface area contributed by atoms with Gasteiger partial charge in [0.25, 0.3) is 0 Å². The second kappa shape index (κ2) is 7.03. The summed E-state index contributed by atoms with van der Waals surface area (Å²) in [6, 6.07) is 9.16. The molecule has 2 rings (SSSR count). The lowest BCUT2D eigenvalue weighted by Crippen LogP contribution is -2.41. The monoisotopic (exact) mass is 307 g/mol. The summed E-state index contributed by atoms with van der Waals surface area (Å²) in [5.74, 6) is -0.114. The van der Waals surface area contributed by atoms with E-state index in [9.17, 15) is 8.42 Å². The van der Waals surface area contributed by atoms with E-state index in [0.717, 1.165) is 19.4 Å². The molecule has 1 unspecified atom stereocenters. The lowest BCUT2D eigenvalue weighted by molar-refractivity contribution is 0.382. The van der Waals surface area contributed by atoms with Gasteiger partial charge in [0, 0.05) is 19.1 Å². The van der Waals surface area contributed by atoms with Gasteiger partial charge in [-0.25, -0.2) is 12.7 Å². The fourth-order valence-corrected chi connectivity index (χ4v) is 4.27. The van der Waals surface area contributed by atoms with Crippen LogP contribution < -0.4 is 5.32 Å². The van der Waals surface area contributed by atoms with Gasteiger partial charge in [0.2, 0.25) is 10.0 Å². The summed E-state index contributed by atoms with van der Waals surface area (Å²) in [6.45, 7) is 3.77. The summed E-state index contributed by atoms with van der Waals surface area (Å²) < 4.78 is 26.7. The average Bonchev–Trinajstić information content (AvgIpc) is 2.97. The van der Waals surface area contributed by atoms with Gasteiger partial charge in [-0.15, -0.1) is 0 Å². The molecule has 1 N–H and O–H groups in total. The van der Waals surface area contributed by atoms with E-state index in [0.29, 0.717) is 24.2 Å². The molecule has 1 aliphatic rings. The largest absolute Gasteiger partial charge is 0.313 e. The first-order valence-electron chi connectivity index (χ1n) is 7.26. The van der Waals surface area contributed by atoms with Crippen LogP contribution in [0.15, 0.2) is 24.3 Å². The van der Waals surface area contributed by atoms with Gasteiger partial charge in [-0.2, -0.15) is 5.26 Å². The third-order valence-electron chi connectivity index (χ3n) is 3.81. The Kier molecular flexibility index (Phi) is 5.34. The molecule has 0 aliphatic carbocycles. The molecule has 0 amide bonds. The minimum atomic E-state index is -3.40. The number of likely N-dealkylation sites (N-methyl/N-ethyl adjacent to an activating group) is 1. The van der Waals surface area contributed by atoms with E-state index in [2.05, 4.69) is 11.4 Å². The van der Waals surface area contributed by atoms with Gasteiger partial charge in [-0.3, -0.25) is 0 Å². The summed E-state index contributed by atoms with van der Waals surface area (Å²) in [5.41, 5.74) is 0.994. The van der Waals surface area contributed by atoms with Crippen molar-refractivity contribution in [3.63, 3.8) is 0 Å². The molecule has 0 radical (unpaired) electrons. The van der Waals surface area contributed by atoms with E-state index >= 15 is 0 Å². The van der Waals surface area contributed by atoms with Gasteiger partial charge < -0.3 is 5.32 Å². The van der Waals surface area contributed by atoms with Crippen LogP contribution in [0.1, 0.15) is 30.9 Å². The first-order valence-corrected chi connectivity index (χ1v) is 8.87. The average molecular weight is 307 g/mol. The van der Waals surface area contributed by atoms with E-state index in [-0.39, 0.29) is 11.8 Å². The topological polar surface area (TPSA) is 73.2 Å². The minimum Gasteiger partial charge on any atom is -0.313 e. The van der Waals surface area contributed by atoms with Crippen LogP contribution >= 0.6 is 0 Å². The number of nitriles is 1. The molecule has 0 saturated carbocycles. The van der Waals surface area contributed by atoms with Crippen LogP contribution in [0, 0.1) is 11.3 Å². The normalized spacial score (nSPS) is 18.8. The van der Waals surface area contributed by atoms with Crippen molar-refractivity contribution in [3.8, 4) is 6.07 Å². The van der Waals surface area contributed by atoms with Crippen LogP contribution in [0.3, 0.4) is 0 Å². The van der Waals surface area contributed by atoms with E-state index in [1.165, 1.54) is 4.31 Å². The second-order valence-corrected chi connectivity index (χ2v) is 7.24. The van der Waals surface area contributed by atoms with Crippen molar-refractivity contribution < 1.29 is 8.42 Å². The minimum absolute atomic E-state index is 0.114. The first-order chi connectivity index (χ1) is 10.1. The van der Waals surface area contributed by atoms with Gasteiger partial charge in [0.15, 0.2) is 0 Å². The molecule has 1 aromatic rings. The number of nitrogens with zero attached hydrogens (tertiary/aromatic N) is 2. The zero-order valence-corrected chi connectivity index (χ0v) is 13.1. The predicted octanol–water partition coefficient (Wildman–Crippen LogP) is 1.46. The molecule has 1 heterocycles. The zero-order valence-electron chi connectivity index (χ0n) is 12.2. The van der Waals surface area contributed by atoms with Gasteiger partial charge in [0.1, 0.15) is 0 Å². The summed E-state index contributed by atoms with van der Waals surface area (Å²) in [5, 5.41) is 12.4. The zero-order chi connectivity index (χ0) is 15.3. The number of hydrogen-bond acceptors (Lipinski definition) is 4. The van der Waals surface area contributed by atoms with Crippen molar-refractivity contribution in [2.75, 3.05) is 19.6 Å². The molecule has 1 aliphatic heterocycles. The van der Waals surface area contributed by atoms with Gasteiger partial charge in [-0.1, -0.05) is 25.1 Å². The highest BCUT2D eigenvalue weighted by Crippen LogP contribution is 2.16. The Morgan fingerprint density at radius 3 is 2.81 bits per heavy atom. The quantitative estimate of drug-likeness (QED) is 0.863. The van der Waals surface area contributed by atoms with E-state index in [4.69, 9.17) is 5.26 Å². The number of nitrogens with one attached hydrogen (secondary N) is 1. The molecule has 1 aromatic carbocycles. The van der Waals surface area contributed by atoms with Crippen LogP contribution in [-0.4, -0.2) is 38.4 Å². The van der Waals surface area contributed by atoms with Crippen molar-refractivity contribution in [1.82, 2.24) is 9.62 Å². The second-order valence-electron chi connectivity index (χ2n) is 5.27. The molecular weight excluding hydrogens is 286 g/mol. The van der Waals surface area contributed by atoms with Crippen molar-refractivity contribution in [2.24, 2.45) is 0 Å². The number of benzene rings is 1. The number of hydrogen-bond donors (Lipinski definition) is 1. The van der Waals surface area contributed by atoms with Gasteiger partial charge >= 0.3 is 0 Å². The third-order valence-corrected chi connectivity index (χ3v) is 5.68. The number of sulfonamides is 1. The SMILES string of the molecule is CCN(CC1CCCN1)S(=O)(=O)Cc1ccccc1C#N. The maximum Gasteiger partial charge on any atom is 0.218 e. The Hall–Kier alpha value is -1.42. The maximum atomic E-state index is 12.6. The molecule has 5 nitrogen and oxygen atoms in total. The molecule has 21 heavy (non-hydrogen) atoms. The Labute approximate surface area is 126 Å². The van der Waals surface area contributed by atoms with Crippen molar-refractivity contribution in [2.45, 2.75) is 31.6 Å². The molecule has 6 heteroatoms. The van der Waals surface area contributed by atoms with Crippen LogP contribution in [-0.2, 0) is 15.8 Å². The summed E-state index contributed by atoms with van der Waals surface area (Å²) >= 11 is 0.